The first-order chi connectivity index (χ1) is 12.7. The molecule has 1 N–H and O–H groups in total. The highest BCUT2D eigenvalue weighted by molar-refractivity contribution is 7.13. The number of amides is 1. The summed E-state index contributed by atoms with van der Waals surface area (Å²) in [6, 6.07) is 17.7. The number of aromatic nitrogens is 4. The number of carbonyl (C=O) groups is 1. The molecule has 1 amide bonds. The van der Waals surface area contributed by atoms with Gasteiger partial charge in [-0.1, -0.05) is 47.7 Å². The van der Waals surface area contributed by atoms with Crippen LogP contribution in [0.15, 0.2) is 66.2 Å². The Balaban J connectivity index is 1.49. The minimum absolute atomic E-state index is 0.281. The van der Waals surface area contributed by atoms with Crippen LogP contribution in [0.1, 0.15) is 10.5 Å². The van der Waals surface area contributed by atoms with Crippen LogP contribution in [0.3, 0.4) is 0 Å². The first-order valence-electron chi connectivity index (χ1n) is 7.98. The van der Waals surface area contributed by atoms with E-state index < -0.39 is 0 Å². The van der Waals surface area contributed by atoms with Crippen molar-refractivity contribution in [2.45, 2.75) is 0 Å². The molecule has 0 atom stereocenters. The molecule has 0 aliphatic rings. The zero-order valence-corrected chi connectivity index (χ0v) is 14.8. The second-order valence-corrected chi connectivity index (χ2v) is 6.57. The summed E-state index contributed by atoms with van der Waals surface area (Å²) in [6.45, 7) is 0. The van der Waals surface area contributed by atoms with Crippen molar-refractivity contribution in [3.8, 4) is 21.8 Å². The molecule has 7 heteroatoms. The quantitative estimate of drug-likeness (QED) is 0.599. The van der Waals surface area contributed by atoms with Gasteiger partial charge in [0.25, 0.3) is 5.91 Å². The maximum Gasteiger partial charge on any atom is 0.277 e. The lowest BCUT2D eigenvalue weighted by atomic mass is 10.1. The first kappa shape index (κ1) is 16.2. The molecule has 6 nitrogen and oxygen atoms in total. The fourth-order valence-electron chi connectivity index (χ4n) is 2.49. The lowest BCUT2D eigenvalue weighted by Gasteiger charge is -2.04. The molecule has 0 saturated carbocycles. The molecular weight excluding hydrogens is 346 g/mol. The largest absolute Gasteiger partial charge is 0.321 e. The Morgan fingerprint density at radius 1 is 1.04 bits per heavy atom. The third-order valence-electron chi connectivity index (χ3n) is 3.80. The van der Waals surface area contributed by atoms with E-state index in [0.29, 0.717) is 5.69 Å². The molecule has 2 heterocycles. The Labute approximate surface area is 154 Å². The monoisotopic (exact) mass is 361 g/mol. The third kappa shape index (κ3) is 3.38. The van der Waals surface area contributed by atoms with Crippen molar-refractivity contribution in [1.82, 2.24) is 20.0 Å². The maximum atomic E-state index is 12.1. The van der Waals surface area contributed by atoms with Crippen LogP contribution < -0.4 is 5.32 Å². The number of nitrogens with one attached hydrogen (secondary N) is 1. The van der Waals surface area contributed by atoms with E-state index in [1.165, 1.54) is 4.68 Å². The molecule has 2 aromatic heterocycles. The minimum Gasteiger partial charge on any atom is -0.321 e. The number of thiazole rings is 1. The molecule has 0 bridgehead atoms. The molecule has 0 unspecified atom stereocenters. The van der Waals surface area contributed by atoms with Gasteiger partial charge in [0.2, 0.25) is 0 Å². The van der Waals surface area contributed by atoms with E-state index in [9.17, 15) is 4.79 Å². The van der Waals surface area contributed by atoms with Crippen LogP contribution in [0.5, 0.6) is 0 Å². The summed E-state index contributed by atoms with van der Waals surface area (Å²) in [4.78, 5) is 16.8. The standard InChI is InChI=1S/C19H15N5OS/c1-24-11-16(22-23-24)18(25)20-15-9-7-13(8-10-15)17-12-26-19(21-17)14-5-3-2-4-6-14/h2-12H,1H3,(H,20,25). The molecular formula is C19H15N5OS. The molecule has 26 heavy (non-hydrogen) atoms. The van der Waals surface area contributed by atoms with Gasteiger partial charge < -0.3 is 5.32 Å². The molecule has 0 spiro atoms. The van der Waals surface area contributed by atoms with Crippen LogP contribution in [-0.4, -0.2) is 25.9 Å². The topological polar surface area (TPSA) is 72.7 Å². The van der Waals surface area contributed by atoms with Crippen LogP contribution >= 0.6 is 11.3 Å². The summed E-state index contributed by atoms with van der Waals surface area (Å²) in [5, 5.41) is 13.4. The Bertz CT molecular complexity index is 1040. The van der Waals surface area contributed by atoms with E-state index in [1.807, 2.05) is 60.0 Å². The van der Waals surface area contributed by atoms with Crippen molar-refractivity contribution in [3.05, 3.63) is 71.9 Å². The molecule has 0 fully saturated rings. The number of anilines is 1. The summed E-state index contributed by atoms with van der Waals surface area (Å²) in [5.41, 5.74) is 4.00. The van der Waals surface area contributed by atoms with Crippen LogP contribution in [0.2, 0.25) is 0 Å². The average Bonchev–Trinajstić information content (AvgIpc) is 3.32. The summed E-state index contributed by atoms with van der Waals surface area (Å²) in [7, 11) is 1.72. The number of hydrogen-bond donors (Lipinski definition) is 1. The summed E-state index contributed by atoms with van der Waals surface area (Å²) < 4.78 is 1.49. The Morgan fingerprint density at radius 3 is 2.50 bits per heavy atom. The van der Waals surface area contributed by atoms with Gasteiger partial charge in [-0.05, 0) is 12.1 Å². The van der Waals surface area contributed by atoms with Gasteiger partial charge in [-0.2, -0.15) is 0 Å². The zero-order chi connectivity index (χ0) is 17.9. The maximum absolute atomic E-state index is 12.1. The van der Waals surface area contributed by atoms with Crippen molar-refractivity contribution in [1.29, 1.82) is 0 Å². The average molecular weight is 361 g/mol. The van der Waals surface area contributed by atoms with Gasteiger partial charge >= 0.3 is 0 Å². The van der Waals surface area contributed by atoms with E-state index in [4.69, 9.17) is 4.98 Å². The van der Waals surface area contributed by atoms with Gasteiger partial charge in [-0.15, -0.1) is 16.4 Å². The number of aryl methyl sites for hydroxylation is 1. The summed E-state index contributed by atoms with van der Waals surface area (Å²) in [6.07, 6.45) is 1.57. The van der Waals surface area contributed by atoms with Crippen LogP contribution in [0.25, 0.3) is 21.8 Å². The molecule has 4 rings (SSSR count). The molecule has 2 aromatic carbocycles. The SMILES string of the molecule is Cn1cc(C(=O)Nc2ccc(-c3csc(-c4ccccc4)n3)cc2)nn1. The molecule has 128 valence electrons. The van der Waals surface area contributed by atoms with Crippen molar-refractivity contribution in [3.63, 3.8) is 0 Å². The smallest absolute Gasteiger partial charge is 0.277 e. The summed E-state index contributed by atoms with van der Waals surface area (Å²) in [5.74, 6) is -0.286. The minimum atomic E-state index is -0.286. The van der Waals surface area contributed by atoms with Gasteiger partial charge in [-0.25, -0.2) is 4.98 Å². The normalized spacial score (nSPS) is 10.7. The lowest BCUT2D eigenvalue weighted by molar-refractivity contribution is 0.102. The van der Waals surface area contributed by atoms with Gasteiger partial charge in [0, 0.05) is 29.2 Å². The van der Waals surface area contributed by atoms with Crippen LogP contribution in [-0.2, 0) is 7.05 Å². The van der Waals surface area contributed by atoms with Gasteiger partial charge in [-0.3, -0.25) is 9.48 Å². The van der Waals surface area contributed by atoms with E-state index in [-0.39, 0.29) is 11.6 Å². The number of hydrogen-bond acceptors (Lipinski definition) is 5. The second-order valence-electron chi connectivity index (χ2n) is 5.71. The first-order valence-corrected chi connectivity index (χ1v) is 8.86. The fourth-order valence-corrected chi connectivity index (χ4v) is 3.33. The number of nitrogens with zero attached hydrogens (tertiary/aromatic N) is 4. The van der Waals surface area contributed by atoms with Gasteiger partial charge in [0.1, 0.15) is 5.01 Å². The van der Waals surface area contributed by atoms with Crippen molar-refractivity contribution < 1.29 is 4.79 Å². The van der Waals surface area contributed by atoms with Crippen molar-refractivity contribution in [2.24, 2.45) is 7.05 Å². The van der Waals surface area contributed by atoms with E-state index in [2.05, 4.69) is 15.6 Å². The van der Waals surface area contributed by atoms with Gasteiger partial charge in [0.15, 0.2) is 5.69 Å². The van der Waals surface area contributed by atoms with Gasteiger partial charge in [0.05, 0.1) is 11.9 Å². The molecule has 0 saturated heterocycles. The zero-order valence-electron chi connectivity index (χ0n) is 14.0. The summed E-state index contributed by atoms with van der Waals surface area (Å²) >= 11 is 1.61. The Kier molecular flexibility index (Phi) is 4.28. The van der Waals surface area contributed by atoms with Crippen LogP contribution in [0, 0.1) is 0 Å². The lowest BCUT2D eigenvalue weighted by Crippen LogP contribution is -2.12. The number of benzene rings is 2. The van der Waals surface area contributed by atoms with E-state index in [1.54, 1.807) is 24.6 Å². The highest BCUT2D eigenvalue weighted by atomic mass is 32.1. The highest BCUT2D eigenvalue weighted by Gasteiger charge is 2.11. The van der Waals surface area contributed by atoms with Crippen LogP contribution in [0.4, 0.5) is 5.69 Å². The Hall–Kier alpha value is -3.32. The highest BCUT2D eigenvalue weighted by Crippen LogP contribution is 2.29. The molecule has 0 radical (unpaired) electrons. The predicted molar refractivity (Wildman–Crippen MR) is 102 cm³/mol. The molecule has 4 aromatic rings. The molecule has 0 aliphatic heterocycles. The second kappa shape index (κ2) is 6.89. The molecule has 0 aliphatic carbocycles. The fraction of sp³-hybridized carbons (Fsp3) is 0.0526. The predicted octanol–water partition coefficient (Wildman–Crippen LogP) is 3.86. The Morgan fingerprint density at radius 2 is 1.81 bits per heavy atom. The van der Waals surface area contributed by atoms with Crippen molar-refractivity contribution >= 4 is 22.9 Å². The van der Waals surface area contributed by atoms with E-state index >= 15 is 0 Å². The number of rotatable bonds is 4. The van der Waals surface area contributed by atoms with E-state index in [0.717, 1.165) is 21.8 Å². The number of carbonyl (C=O) groups excluding carboxylic acids is 1. The van der Waals surface area contributed by atoms with Crippen molar-refractivity contribution in [2.75, 3.05) is 5.32 Å². The third-order valence-corrected chi connectivity index (χ3v) is 4.69.